The fraction of sp³-hybridized carbons (Fsp3) is 0.0270. The van der Waals surface area contributed by atoms with E-state index in [1.165, 1.54) is 0 Å². The van der Waals surface area contributed by atoms with E-state index in [4.69, 9.17) is 9.72 Å². The number of fused-ring (bicyclic) bond motifs is 4. The molecule has 0 fully saturated rings. The van der Waals surface area contributed by atoms with Gasteiger partial charge < -0.3 is 19.1 Å². The molecule has 0 radical (unpaired) electrons. The van der Waals surface area contributed by atoms with Crippen molar-refractivity contribution in [1.29, 1.82) is 0 Å². The zero-order chi connectivity index (χ0) is 28.0. The van der Waals surface area contributed by atoms with Crippen LogP contribution >= 0.6 is 0 Å². The van der Waals surface area contributed by atoms with Gasteiger partial charge in [-0.2, -0.15) is 12.7 Å². The van der Waals surface area contributed by atoms with E-state index in [0.29, 0.717) is 11.5 Å². The molecular weight excluding hydrogens is 712 g/mol. The Labute approximate surface area is 264 Å². The molecule has 0 spiro atoms. The molecule has 8 rings (SSSR count). The Morgan fingerprint density at radius 1 is 0.651 bits per heavy atom. The summed E-state index contributed by atoms with van der Waals surface area (Å²) in [6.07, 6.45) is 1.83. The van der Waals surface area contributed by atoms with Crippen LogP contribution in [0, 0.1) is 18.8 Å². The average molecular weight is 737 g/mol. The van der Waals surface area contributed by atoms with Crippen molar-refractivity contribution in [2.45, 2.75) is 0 Å². The maximum absolute atomic E-state index is 6.52. The first-order chi connectivity index (χ1) is 20.7. The van der Waals surface area contributed by atoms with Gasteiger partial charge in [-0.1, -0.05) is 66.4 Å². The molecular formula is C37H25N4OPt-3. The molecule has 43 heavy (non-hydrogen) atoms. The summed E-state index contributed by atoms with van der Waals surface area (Å²) in [6.45, 7) is 2.08. The smallest absolute Gasteiger partial charge is 0.143 e. The maximum atomic E-state index is 6.52. The number of anilines is 3. The zero-order valence-corrected chi connectivity index (χ0v) is 25.5. The minimum absolute atomic E-state index is 0. The van der Waals surface area contributed by atoms with Crippen LogP contribution in [0.3, 0.4) is 0 Å². The van der Waals surface area contributed by atoms with Gasteiger partial charge in [-0.25, -0.2) is 4.98 Å². The summed E-state index contributed by atoms with van der Waals surface area (Å²) >= 11 is 0. The summed E-state index contributed by atoms with van der Waals surface area (Å²) in [5.74, 6) is 1.21. The molecule has 1 aliphatic heterocycles. The normalized spacial score (nSPS) is 12.4. The minimum atomic E-state index is 0. The SMILES string of the molecule is CN1[CH-]N(c2[c-]c(Oc3[c-]c(-n4c5ccccc5c5cccnc54)ccc3)cc(-c3ccccc3)c2)c2ccccc21.[Pt]. The van der Waals surface area contributed by atoms with Crippen molar-refractivity contribution in [2.24, 2.45) is 0 Å². The fourth-order valence-corrected chi connectivity index (χ4v) is 5.75. The summed E-state index contributed by atoms with van der Waals surface area (Å²) in [5.41, 5.74) is 8.10. The molecule has 5 nitrogen and oxygen atoms in total. The van der Waals surface area contributed by atoms with Gasteiger partial charge in [-0.05, 0) is 42.9 Å². The van der Waals surface area contributed by atoms with Crippen LogP contribution in [0.4, 0.5) is 17.1 Å². The molecule has 0 bridgehead atoms. The molecule has 0 unspecified atom stereocenters. The molecule has 5 aromatic carbocycles. The number of hydrogen-bond donors (Lipinski definition) is 0. The molecule has 7 aromatic rings. The number of ether oxygens (including phenoxy) is 1. The van der Waals surface area contributed by atoms with Gasteiger partial charge >= 0.3 is 0 Å². The molecule has 1 aliphatic rings. The second-order valence-corrected chi connectivity index (χ2v) is 10.3. The van der Waals surface area contributed by atoms with Gasteiger partial charge in [0.15, 0.2) is 0 Å². The third-order valence-corrected chi connectivity index (χ3v) is 7.65. The van der Waals surface area contributed by atoms with Crippen LogP contribution in [0.25, 0.3) is 38.8 Å². The Kier molecular flexibility index (Phi) is 6.96. The van der Waals surface area contributed by atoms with Gasteiger partial charge in [-0.15, -0.1) is 47.6 Å². The third kappa shape index (κ3) is 4.76. The molecule has 0 atom stereocenters. The Morgan fingerprint density at radius 3 is 2.28 bits per heavy atom. The van der Waals surface area contributed by atoms with Crippen LogP contribution in [-0.2, 0) is 21.1 Å². The summed E-state index contributed by atoms with van der Waals surface area (Å²) < 4.78 is 8.66. The first-order valence-electron chi connectivity index (χ1n) is 13.9. The molecule has 212 valence electrons. The van der Waals surface area contributed by atoms with E-state index in [1.54, 1.807) is 0 Å². The molecule has 3 heterocycles. The second-order valence-electron chi connectivity index (χ2n) is 10.3. The minimum Gasteiger partial charge on any atom is -0.509 e. The summed E-state index contributed by atoms with van der Waals surface area (Å²) in [6, 6.07) is 48.3. The number of rotatable bonds is 5. The molecule has 0 saturated heterocycles. The number of aromatic nitrogens is 2. The van der Waals surface area contributed by atoms with Crippen LogP contribution in [0.15, 0.2) is 128 Å². The van der Waals surface area contributed by atoms with Crippen molar-refractivity contribution in [3.8, 4) is 28.3 Å². The second kappa shape index (κ2) is 11.1. The van der Waals surface area contributed by atoms with E-state index < -0.39 is 0 Å². The van der Waals surface area contributed by atoms with Crippen LogP contribution in [0.5, 0.6) is 11.5 Å². The van der Waals surface area contributed by atoms with Gasteiger partial charge in [0.2, 0.25) is 0 Å². The van der Waals surface area contributed by atoms with E-state index in [9.17, 15) is 0 Å². The van der Waals surface area contributed by atoms with Crippen molar-refractivity contribution in [1.82, 2.24) is 9.55 Å². The van der Waals surface area contributed by atoms with Gasteiger partial charge in [0, 0.05) is 60.9 Å². The standard InChI is InChI=1S/C37H25N4O.Pt/c1-39-25-40(36-19-8-7-18-35(36)39)29-21-27(26-11-3-2-4-12-26)22-31(24-29)42-30-14-9-13-28(23-30)41-34-17-6-5-15-32(34)33-16-10-20-38-37(33)41;/h2-22,25H,1H3;/q-3;. The topological polar surface area (TPSA) is 33.5 Å². The van der Waals surface area contributed by atoms with Crippen LogP contribution in [0.2, 0.25) is 0 Å². The number of benzene rings is 5. The fourth-order valence-electron chi connectivity index (χ4n) is 5.75. The molecule has 0 N–H and O–H groups in total. The van der Waals surface area contributed by atoms with E-state index >= 15 is 0 Å². The van der Waals surface area contributed by atoms with Crippen LogP contribution in [0.1, 0.15) is 0 Å². The predicted octanol–water partition coefficient (Wildman–Crippen LogP) is 8.94. The number of para-hydroxylation sites is 3. The molecule has 0 amide bonds. The van der Waals surface area contributed by atoms with E-state index in [0.717, 1.165) is 55.8 Å². The first-order valence-corrected chi connectivity index (χ1v) is 13.9. The summed E-state index contributed by atoms with van der Waals surface area (Å²) in [7, 11) is 2.06. The van der Waals surface area contributed by atoms with E-state index in [1.807, 2.05) is 54.7 Å². The number of nitrogens with zero attached hydrogens (tertiary/aromatic N) is 4. The van der Waals surface area contributed by atoms with Crippen molar-refractivity contribution in [2.75, 3.05) is 16.8 Å². The summed E-state index contributed by atoms with van der Waals surface area (Å²) in [5, 5.41) is 2.26. The monoisotopic (exact) mass is 736 g/mol. The maximum Gasteiger partial charge on any atom is 0.143 e. The van der Waals surface area contributed by atoms with Crippen LogP contribution < -0.4 is 14.5 Å². The van der Waals surface area contributed by atoms with Crippen molar-refractivity contribution in [3.05, 3.63) is 146 Å². The molecule has 2 aromatic heterocycles. The number of hydrogen-bond acceptors (Lipinski definition) is 4. The van der Waals surface area contributed by atoms with E-state index in [-0.39, 0.29) is 21.1 Å². The first kappa shape index (κ1) is 27.0. The Balaban J connectivity index is 0.00000300. The van der Waals surface area contributed by atoms with Crippen molar-refractivity contribution >= 4 is 39.0 Å². The number of pyridine rings is 1. The predicted molar refractivity (Wildman–Crippen MR) is 169 cm³/mol. The molecule has 0 aliphatic carbocycles. The van der Waals surface area contributed by atoms with Gasteiger partial charge in [0.05, 0.1) is 5.52 Å². The third-order valence-electron chi connectivity index (χ3n) is 7.65. The largest absolute Gasteiger partial charge is 0.509 e. The van der Waals surface area contributed by atoms with Gasteiger partial charge in [0.1, 0.15) is 5.65 Å². The Hall–Kier alpha value is -4.86. The zero-order valence-electron chi connectivity index (χ0n) is 23.2. The van der Waals surface area contributed by atoms with Crippen LogP contribution in [-0.4, -0.2) is 16.6 Å². The van der Waals surface area contributed by atoms with Crippen molar-refractivity contribution < 1.29 is 25.8 Å². The average Bonchev–Trinajstić information content (AvgIpc) is 3.56. The molecule has 6 heteroatoms. The van der Waals surface area contributed by atoms with Gasteiger partial charge in [-0.3, -0.25) is 0 Å². The van der Waals surface area contributed by atoms with Gasteiger partial charge in [0.25, 0.3) is 0 Å². The summed E-state index contributed by atoms with van der Waals surface area (Å²) in [4.78, 5) is 8.99. The van der Waals surface area contributed by atoms with Crippen molar-refractivity contribution in [3.63, 3.8) is 0 Å². The Bertz CT molecular complexity index is 2040. The van der Waals surface area contributed by atoms with E-state index in [2.05, 4.69) is 113 Å². The molecule has 0 saturated carbocycles. The Morgan fingerprint density at radius 2 is 1.40 bits per heavy atom. The quantitative estimate of drug-likeness (QED) is 0.165.